The molecule has 2 atom stereocenters. The van der Waals surface area contributed by atoms with Crippen LogP contribution in [0.5, 0.6) is 5.75 Å². The maximum Gasteiger partial charge on any atom is 0.125 e. The highest BCUT2D eigenvalue weighted by molar-refractivity contribution is 6.30. The quantitative estimate of drug-likeness (QED) is 0.886. The zero-order chi connectivity index (χ0) is 17.9. The molecule has 0 aliphatic carbocycles. The smallest absolute Gasteiger partial charge is 0.125 e. The Labute approximate surface area is 157 Å². The van der Waals surface area contributed by atoms with Gasteiger partial charge in [0.25, 0.3) is 0 Å². The number of hydrogen-bond acceptors (Lipinski definition) is 4. The molecule has 0 radical (unpaired) electrons. The molecule has 4 nitrogen and oxygen atoms in total. The molecular weight excluding hydrogens is 355 g/mol. The predicted octanol–water partition coefficient (Wildman–Crippen LogP) is 3.40. The van der Waals surface area contributed by atoms with Crippen molar-refractivity contribution in [3.05, 3.63) is 64.4 Å². The monoisotopic (exact) mass is 376 g/mol. The van der Waals surface area contributed by atoms with Gasteiger partial charge in [0, 0.05) is 36.8 Å². The van der Waals surface area contributed by atoms with Gasteiger partial charge in [-0.1, -0.05) is 29.8 Å². The number of halogens is 2. The van der Waals surface area contributed by atoms with Crippen molar-refractivity contribution in [2.75, 3.05) is 32.8 Å². The summed E-state index contributed by atoms with van der Waals surface area (Å²) in [5.41, 5.74) is 1.89. The van der Waals surface area contributed by atoms with Crippen LogP contribution in [0.3, 0.4) is 0 Å². The van der Waals surface area contributed by atoms with Gasteiger partial charge in [-0.25, -0.2) is 4.39 Å². The highest BCUT2D eigenvalue weighted by Crippen LogP contribution is 2.37. The average Bonchev–Trinajstić information content (AvgIpc) is 2.66. The van der Waals surface area contributed by atoms with Crippen molar-refractivity contribution in [3.63, 3.8) is 0 Å². The molecule has 6 heteroatoms. The largest absolute Gasteiger partial charge is 0.490 e. The molecule has 26 heavy (non-hydrogen) atoms. The molecule has 2 heterocycles. The summed E-state index contributed by atoms with van der Waals surface area (Å²) in [7, 11) is 0. The summed E-state index contributed by atoms with van der Waals surface area (Å²) < 4.78 is 25.7. The van der Waals surface area contributed by atoms with Crippen LogP contribution in [-0.2, 0) is 11.3 Å². The highest BCUT2D eigenvalue weighted by atomic mass is 35.5. The van der Waals surface area contributed by atoms with Crippen molar-refractivity contribution >= 4 is 11.6 Å². The van der Waals surface area contributed by atoms with Gasteiger partial charge in [-0.2, -0.15) is 0 Å². The maximum atomic E-state index is 13.6. The van der Waals surface area contributed by atoms with Gasteiger partial charge in [0.2, 0.25) is 0 Å². The van der Waals surface area contributed by atoms with E-state index < -0.39 is 0 Å². The number of fused-ring (bicyclic) bond motifs is 1. The van der Waals surface area contributed by atoms with Gasteiger partial charge in [0.05, 0.1) is 12.6 Å². The minimum atomic E-state index is -0.347. The minimum absolute atomic E-state index is 0.120. The lowest BCUT2D eigenvalue weighted by Crippen LogP contribution is -2.51. The lowest BCUT2D eigenvalue weighted by atomic mass is 9.95. The zero-order valence-corrected chi connectivity index (χ0v) is 15.2. The Bertz CT molecular complexity index is 747. The van der Waals surface area contributed by atoms with E-state index in [1.807, 2.05) is 18.2 Å². The van der Waals surface area contributed by atoms with Crippen LogP contribution >= 0.6 is 11.6 Å². The maximum absolute atomic E-state index is 13.6. The van der Waals surface area contributed by atoms with Gasteiger partial charge in [-0.15, -0.1) is 0 Å². The fourth-order valence-electron chi connectivity index (χ4n) is 3.75. The number of benzene rings is 2. The standard InChI is InChI=1S/C20H22ClFN2O2/c21-15-9-14(10-16(22)11-15)12-25-19-13-26-18-4-2-1-3-17(18)20(19)24-7-5-23-6-8-24/h1-4,9-11,19-20,23H,5-8,12-13H2/t19-,20-/m0/s1. The van der Waals surface area contributed by atoms with Crippen LogP contribution in [0.15, 0.2) is 42.5 Å². The first-order valence-corrected chi connectivity index (χ1v) is 9.31. The summed E-state index contributed by atoms with van der Waals surface area (Å²) in [6.45, 7) is 4.64. The van der Waals surface area contributed by atoms with Crippen LogP contribution in [0.25, 0.3) is 0 Å². The third-order valence-corrected chi connectivity index (χ3v) is 5.14. The number of rotatable bonds is 4. The third kappa shape index (κ3) is 3.86. The predicted molar refractivity (Wildman–Crippen MR) is 99.1 cm³/mol. The van der Waals surface area contributed by atoms with Crippen molar-refractivity contribution in [1.82, 2.24) is 10.2 Å². The van der Waals surface area contributed by atoms with Crippen molar-refractivity contribution in [2.24, 2.45) is 0 Å². The number of ether oxygens (including phenoxy) is 2. The number of para-hydroxylation sites is 1. The first-order valence-electron chi connectivity index (χ1n) is 8.94. The molecule has 1 fully saturated rings. The first-order chi connectivity index (χ1) is 12.7. The molecule has 2 aromatic rings. The van der Waals surface area contributed by atoms with E-state index in [-0.39, 0.29) is 18.0 Å². The third-order valence-electron chi connectivity index (χ3n) is 4.92. The Morgan fingerprint density at radius 2 is 2.00 bits per heavy atom. The Balaban J connectivity index is 1.55. The van der Waals surface area contributed by atoms with E-state index in [0.717, 1.165) is 43.1 Å². The molecule has 1 N–H and O–H groups in total. The second-order valence-corrected chi connectivity index (χ2v) is 7.14. The molecule has 0 spiro atoms. The summed E-state index contributed by atoms with van der Waals surface area (Å²) in [6, 6.07) is 12.8. The van der Waals surface area contributed by atoms with Gasteiger partial charge in [-0.05, 0) is 29.8 Å². The van der Waals surface area contributed by atoms with Crippen LogP contribution in [-0.4, -0.2) is 43.8 Å². The number of hydrogen-bond donors (Lipinski definition) is 1. The van der Waals surface area contributed by atoms with E-state index in [9.17, 15) is 4.39 Å². The van der Waals surface area contributed by atoms with E-state index >= 15 is 0 Å². The molecule has 2 aliphatic rings. The van der Waals surface area contributed by atoms with Gasteiger partial charge in [0.15, 0.2) is 0 Å². The molecule has 2 aliphatic heterocycles. The summed E-state index contributed by atoms with van der Waals surface area (Å²) in [6.07, 6.45) is -0.120. The lowest BCUT2D eigenvalue weighted by molar-refractivity contribution is -0.0617. The Hall–Kier alpha value is -1.66. The Morgan fingerprint density at radius 1 is 1.19 bits per heavy atom. The molecule has 0 unspecified atom stereocenters. The average molecular weight is 377 g/mol. The summed E-state index contributed by atoms with van der Waals surface area (Å²) in [5.74, 6) is 0.574. The van der Waals surface area contributed by atoms with Crippen molar-refractivity contribution in [3.8, 4) is 5.75 Å². The summed E-state index contributed by atoms with van der Waals surface area (Å²) in [5, 5.41) is 3.77. The first kappa shape index (κ1) is 17.7. The number of piperazine rings is 1. The minimum Gasteiger partial charge on any atom is -0.490 e. The second-order valence-electron chi connectivity index (χ2n) is 6.71. The topological polar surface area (TPSA) is 33.7 Å². The van der Waals surface area contributed by atoms with Crippen LogP contribution < -0.4 is 10.1 Å². The fraction of sp³-hybridized carbons (Fsp3) is 0.400. The van der Waals surface area contributed by atoms with Crippen LogP contribution in [0.4, 0.5) is 4.39 Å². The lowest BCUT2D eigenvalue weighted by Gasteiger charge is -2.42. The van der Waals surface area contributed by atoms with Crippen LogP contribution in [0, 0.1) is 5.82 Å². The van der Waals surface area contributed by atoms with Gasteiger partial charge < -0.3 is 14.8 Å². The SMILES string of the molecule is Fc1cc(Cl)cc(CO[C@H]2COc3ccccc3[C@@H]2N2CCNCC2)c1. The van der Waals surface area contributed by atoms with E-state index in [2.05, 4.69) is 16.3 Å². The van der Waals surface area contributed by atoms with E-state index in [1.165, 1.54) is 12.1 Å². The van der Waals surface area contributed by atoms with Crippen molar-refractivity contribution < 1.29 is 13.9 Å². The summed E-state index contributed by atoms with van der Waals surface area (Å²) in [4.78, 5) is 2.45. The molecule has 0 aromatic heterocycles. The van der Waals surface area contributed by atoms with Crippen molar-refractivity contribution in [1.29, 1.82) is 0 Å². The van der Waals surface area contributed by atoms with E-state index in [4.69, 9.17) is 21.1 Å². The molecule has 0 bridgehead atoms. The Morgan fingerprint density at radius 3 is 2.81 bits per heavy atom. The number of nitrogens with zero attached hydrogens (tertiary/aromatic N) is 1. The molecule has 0 amide bonds. The molecule has 2 aromatic carbocycles. The molecule has 0 saturated carbocycles. The van der Waals surface area contributed by atoms with Crippen molar-refractivity contribution in [2.45, 2.75) is 18.8 Å². The zero-order valence-electron chi connectivity index (χ0n) is 14.5. The Kier molecular flexibility index (Phi) is 5.41. The number of nitrogens with one attached hydrogen (secondary N) is 1. The highest BCUT2D eigenvalue weighted by Gasteiger charge is 2.36. The van der Waals surface area contributed by atoms with Crippen LogP contribution in [0.2, 0.25) is 5.02 Å². The normalized spacial score (nSPS) is 23.3. The van der Waals surface area contributed by atoms with E-state index in [0.29, 0.717) is 18.2 Å². The van der Waals surface area contributed by atoms with Crippen LogP contribution in [0.1, 0.15) is 17.2 Å². The van der Waals surface area contributed by atoms with Gasteiger partial charge in [-0.3, -0.25) is 4.90 Å². The summed E-state index contributed by atoms with van der Waals surface area (Å²) >= 11 is 5.95. The molecular formula is C20H22ClFN2O2. The molecule has 1 saturated heterocycles. The van der Waals surface area contributed by atoms with E-state index in [1.54, 1.807) is 6.07 Å². The second kappa shape index (κ2) is 7.92. The van der Waals surface area contributed by atoms with Gasteiger partial charge in [0.1, 0.15) is 24.3 Å². The van der Waals surface area contributed by atoms with Gasteiger partial charge >= 0.3 is 0 Å². The molecule has 4 rings (SSSR count). The molecule has 138 valence electrons. The fourth-order valence-corrected chi connectivity index (χ4v) is 3.99.